The highest BCUT2D eigenvalue weighted by molar-refractivity contribution is 6.15. The normalized spacial score (nSPS) is 11.6. The maximum Gasteiger partial charge on any atom is 0.238 e. The Bertz CT molecular complexity index is 10200. The molecule has 0 saturated carbocycles. The number of aromatic nitrogens is 15. The second-order valence-corrected chi connectivity index (χ2v) is 37.5. The fourth-order valence-corrected chi connectivity index (χ4v) is 21.9. The van der Waals surface area contributed by atoms with Gasteiger partial charge in [-0.05, 0) is 156 Å². The standard InChI is InChI=1S/3C45H29N5/c1-2-13-31(14-3-1)43-46-44(48-45(47-43)50-41-23-10-6-19-37(41)38-20-7-11-24-42(38)50)32-27-25-30(26-28-32)33-15-12-16-34(29-33)49-39-21-8-4-17-35(39)36-18-5-9-22-40(36)49;1-2-13-30(14-3-1)43-46-44(31-25-27-33(28-26-31)49-39-21-8-4-17-35(39)36-18-5-9-22-40(36)49)48-45(47-43)32-15-12-16-34(29-32)50-41-23-10-6-19-37(41)38-20-7-11-24-42(38)50;1-2-13-30(14-3-1)31-25-27-32(28-26-31)43-46-44(48-45(47-43)50-41-23-10-6-19-37(41)38-20-7-11-24-42(38)50)33-15-12-16-34(29-33)49-39-21-8-4-17-35(39)36-18-5-9-22-40(36)49/h3*1-29H. The van der Waals surface area contributed by atoms with Crippen molar-refractivity contribution in [2.75, 3.05) is 0 Å². The van der Waals surface area contributed by atoms with Gasteiger partial charge in [0, 0.05) is 126 Å². The highest BCUT2D eigenvalue weighted by atomic mass is 15.2. The molecule has 702 valence electrons. The molecular weight excluding hydrogens is 1830 g/mol. The smallest absolute Gasteiger partial charge is 0.238 e. The predicted molar refractivity (Wildman–Crippen MR) is 614 cm³/mol. The average Bonchev–Trinajstić information content (AvgIpc) is 1.56. The van der Waals surface area contributed by atoms with E-state index >= 15 is 0 Å². The molecule has 0 atom stereocenters. The predicted octanol–water partition coefficient (Wildman–Crippen LogP) is 33.2. The lowest BCUT2D eigenvalue weighted by Crippen LogP contribution is -2.06. The van der Waals surface area contributed by atoms with Gasteiger partial charge in [0.1, 0.15) is 0 Å². The Balaban J connectivity index is 0.000000108. The molecule has 0 aliphatic heterocycles. The summed E-state index contributed by atoms with van der Waals surface area (Å²) in [6.45, 7) is 0. The van der Waals surface area contributed by atoms with Crippen LogP contribution in [-0.4, -0.2) is 72.3 Å². The van der Waals surface area contributed by atoms with Crippen molar-refractivity contribution in [3.63, 3.8) is 0 Å². The number of hydrogen-bond donors (Lipinski definition) is 0. The van der Waals surface area contributed by atoms with Crippen LogP contribution < -0.4 is 0 Å². The monoisotopic (exact) mass is 1920 g/mol. The zero-order valence-electron chi connectivity index (χ0n) is 80.9. The second-order valence-electron chi connectivity index (χ2n) is 37.5. The number of fused-ring (bicyclic) bond motifs is 18. The quantitative estimate of drug-likeness (QED) is 0.0979. The van der Waals surface area contributed by atoms with Crippen molar-refractivity contribution < 1.29 is 0 Å². The summed E-state index contributed by atoms with van der Waals surface area (Å²) in [6, 6.07) is 184. The van der Waals surface area contributed by atoms with Gasteiger partial charge in [0.05, 0.1) is 66.2 Å². The van der Waals surface area contributed by atoms with Crippen molar-refractivity contribution >= 4 is 131 Å². The Morgan fingerprint density at radius 2 is 0.260 bits per heavy atom. The van der Waals surface area contributed by atoms with Gasteiger partial charge >= 0.3 is 0 Å². The van der Waals surface area contributed by atoms with E-state index in [0.29, 0.717) is 52.7 Å². The van der Waals surface area contributed by atoms with E-state index < -0.39 is 0 Å². The molecule has 9 aromatic heterocycles. The topological polar surface area (TPSA) is 146 Å². The zero-order valence-corrected chi connectivity index (χ0v) is 80.9. The summed E-state index contributed by atoms with van der Waals surface area (Å²) in [6.07, 6.45) is 0. The number of hydrogen-bond acceptors (Lipinski definition) is 9. The first-order valence-corrected chi connectivity index (χ1v) is 50.4. The number of para-hydroxylation sites is 12. The summed E-state index contributed by atoms with van der Waals surface area (Å²) in [4.78, 5) is 45.9. The van der Waals surface area contributed by atoms with Crippen molar-refractivity contribution in [1.82, 2.24) is 72.3 Å². The summed E-state index contributed by atoms with van der Waals surface area (Å²) in [5.74, 6) is 5.56. The Morgan fingerprint density at radius 3 is 0.527 bits per heavy atom. The van der Waals surface area contributed by atoms with Gasteiger partial charge in [-0.15, -0.1) is 0 Å². The molecule has 30 aromatic rings. The third kappa shape index (κ3) is 15.4. The van der Waals surface area contributed by atoms with Crippen molar-refractivity contribution in [3.8, 4) is 137 Å². The third-order valence-electron chi connectivity index (χ3n) is 28.8. The van der Waals surface area contributed by atoms with Crippen LogP contribution >= 0.6 is 0 Å². The average molecular weight is 1920 g/mol. The molecule has 0 aliphatic rings. The highest BCUT2D eigenvalue weighted by Gasteiger charge is 2.26. The molecule has 0 amide bonds. The van der Waals surface area contributed by atoms with Crippen LogP contribution in [0, 0.1) is 0 Å². The minimum atomic E-state index is 0.580. The van der Waals surface area contributed by atoms with E-state index in [9.17, 15) is 0 Å². The maximum atomic E-state index is 5.22. The van der Waals surface area contributed by atoms with E-state index in [-0.39, 0.29) is 0 Å². The molecule has 9 heterocycles. The summed E-state index contributed by atoms with van der Waals surface area (Å²) in [5, 5.41) is 14.5. The lowest BCUT2D eigenvalue weighted by atomic mass is 10.0. The fraction of sp³-hybridized carbons (Fsp3) is 0. The Morgan fingerprint density at radius 1 is 0.100 bits per heavy atom. The van der Waals surface area contributed by atoms with Crippen LogP contribution in [0.1, 0.15) is 0 Å². The minimum absolute atomic E-state index is 0.580. The summed E-state index contributed by atoms with van der Waals surface area (Å²) >= 11 is 0. The first-order chi connectivity index (χ1) is 74.4. The molecule has 0 unspecified atom stereocenters. The Hall–Kier alpha value is -20.6. The van der Waals surface area contributed by atoms with Gasteiger partial charge in [0.25, 0.3) is 0 Å². The fourth-order valence-electron chi connectivity index (χ4n) is 21.9. The van der Waals surface area contributed by atoms with Crippen molar-refractivity contribution in [2.45, 2.75) is 0 Å². The molecule has 30 rings (SSSR count). The zero-order chi connectivity index (χ0) is 99.1. The van der Waals surface area contributed by atoms with E-state index in [1.807, 2.05) is 66.7 Å². The van der Waals surface area contributed by atoms with Crippen LogP contribution in [0.15, 0.2) is 528 Å². The third-order valence-corrected chi connectivity index (χ3v) is 28.8. The molecule has 0 N–H and O–H groups in total. The van der Waals surface area contributed by atoms with Gasteiger partial charge in [-0.25, -0.2) is 24.9 Å². The molecule has 15 heteroatoms. The number of nitrogens with zero attached hydrogens (tertiary/aromatic N) is 15. The second kappa shape index (κ2) is 37.0. The van der Waals surface area contributed by atoms with Gasteiger partial charge in [0.2, 0.25) is 11.9 Å². The molecule has 0 aliphatic carbocycles. The Labute approximate surface area is 861 Å². The number of benzene rings is 21. The lowest BCUT2D eigenvalue weighted by Gasteiger charge is -2.13. The molecule has 21 aromatic carbocycles. The molecule has 0 bridgehead atoms. The van der Waals surface area contributed by atoms with Crippen molar-refractivity contribution in [1.29, 1.82) is 0 Å². The van der Waals surface area contributed by atoms with Crippen LogP contribution in [-0.2, 0) is 0 Å². The largest absolute Gasteiger partial charge is 0.309 e. The summed E-state index contributed by atoms with van der Waals surface area (Å²) in [5.41, 5.74) is 29.0. The van der Waals surface area contributed by atoms with E-state index in [2.05, 4.69) is 488 Å². The van der Waals surface area contributed by atoms with E-state index in [1.165, 1.54) is 81.5 Å². The molecule has 15 nitrogen and oxygen atoms in total. The first-order valence-electron chi connectivity index (χ1n) is 50.4. The molecule has 0 saturated heterocycles. The van der Waals surface area contributed by atoms with Crippen LogP contribution in [0.4, 0.5) is 0 Å². The van der Waals surface area contributed by atoms with Gasteiger partial charge < -0.3 is 18.3 Å². The van der Waals surface area contributed by atoms with Crippen molar-refractivity contribution in [2.24, 2.45) is 0 Å². The Kier molecular flexibility index (Phi) is 21.5. The highest BCUT2D eigenvalue weighted by Crippen LogP contribution is 2.43. The first kappa shape index (κ1) is 87.3. The SMILES string of the molecule is c1ccc(-c2ccc(-c3nc(-c4cccc(-n5c6ccccc6c6ccccc65)c4)nc(-n4c5ccccc5c5ccccc54)n3)cc2)cc1.c1ccc(-c2nc(-c3ccc(-c4cccc(-n5c6ccccc6c6ccccc65)c4)cc3)nc(-n3c4ccccc4c4ccccc43)n2)cc1.c1ccc(-c2nc(-c3ccc(-n4c5ccccc5c5ccccc54)cc3)nc(-c3cccc(-n4c5ccccc5c5ccccc54)c3)n2)cc1. The van der Waals surface area contributed by atoms with E-state index in [4.69, 9.17) is 44.9 Å². The lowest BCUT2D eigenvalue weighted by molar-refractivity contribution is 0.953. The van der Waals surface area contributed by atoms with Crippen LogP contribution in [0.5, 0.6) is 0 Å². The molecular formula is C135H87N15. The molecule has 0 fully saturated rings. The van der Waals surface area contributed by atoms with E-state index in [1.54, 1.807) is 0 Å². The van der Waals surface area contributed by atoms with Crippen LogP contribution in [0.3, 0.4) is 0 Å². The minimum Gasteiger partial charge on any atom is -0.309 e. The van der Waals surface area contributed by atoms with Crippen molar-refractivity contribution in [3.05, 3.63) is 528 Å². The molecule has 150 heavy (non-hydrogen) atoms. The van der Waals surface area contributed by atoms with E-state index in [0.717, 1.165) is 133 Å². The molecule has 0 radical (unpaired) electrons. The van der Waals surface area contributed by atoms with Crippen LogP contribution in [0.25, 0.3) is 267 Å². The van der Waals surface area contributed by atoms with Gasteiger partial charge in [-0.2, -0.15) is 19.9 Å². The summed E-state index contributed by atoms with van der Waals surface area (Å²) in [7, 11) is 0. The summed E-state index contributed by atoms with van der Waals surface area (Å²) < 4.78 is 13.6. The maximum absolute atomic E-state index is 5.22. The van der Waals surface area contributed by atoms with Gasteiger partial charge in [-0.3, -0.25) is 9.13 Å². The van der Waals surface area contributed by atoms with Crippen LogP contribution in [0.2, 0.25) is 0 Å². The number of rotatable bonds is 15. The van der Waals surface area contributed by atoms with Gasteiger partial charge in [-0.1, -0.05) is 394 Å². The molecule has 0 spiro atoms. The van der Waals surface area contributed by atoms with Gasteiger partial charge in [0.15, 0.2) is 40.8 Å².